The van der Waals surface area contributed by atoms with Gasteiger partial charge in [-0.25, -0.2) is 0 Å². The van der Waals surface area contributed by atoms with E-state index in [0.717, 1.165) is 30.1 Å². The molecule has 1 aliphatic heterocycles. The predicted octanol–water partition coefficient (Wildman–Crippen LogP) is 5.33. The van der Waals surface area contributed by atoms with Crippen LogP contribution in [-0.4, -0.2) is 19.0 Å². The van der Waals surface area contributed by atoms with Crippen molar-refractivity contribution in [2.45, 2.75) is 23.8 Å². The number of ether oxygens (including phenoxy) is 2. The van der Waals surface area contributed by atoms with E-state index in [1.807, 2.05) is 17.8 Å². The van der Waals surface area contributed by atoms with Crippen LogP contribution in [0, 0.1) is 0 Å². The maximum atomic E-state index is 6.18. The van der Waals surface area contributed by atoms with Gasteiger partial charge in [-0.1, -0.05) is 48.5 Å². The van der Waals surface area contributed by atoms with Crippen LogP contribution in [0.2, 0.25) is 0 Å². The van der Waals surface area contributed by atoms with Crippen molar-refractivity contribution in [3.05, 3.63) is 66.2 Å². The quantitative estimate of drug-likeness (QED) is 0.600. The number of para-hydroxylation sites is 1. The number of fused-ring (bicyclic) bond motifs is 2. The molecule has 0 N–H and O–H groups in total. The van der Waals surface area contributed by atoms with Crippen molar-refractivity contribution < 1.29 is 9.47 Å². The van der Waals surface area contributed by atoms with E-state index in [2.05, 4.69) is 54.6 Å². The lowest BCUT2D eigenvalue weighted by Crippen LogP contribution is -2.24. The second kappa shape index (κ2) is 6.78. The molecule has 3 heteroatoms. The van der Waals surface area contributed by atoms with Gasteiger partial charge in [0.05, 0.1) is 12.0 Å². The van der Waals surface area contributed by atoms with E-state index in [0.29, 0.717) is 0 Å². The Morgan fingerprint density at radius 1 is 1.04 bits per heavy atom. The minimum absolute atomic E-state index is 0.244. The summed E-state index contributed by atoms with van der Waals surface area (Å²) in [4.78, 5) is 1.21. The SMILES string of the molecule is COc1ccc2ccccc2c1SCC1CCc2ccccc2O1. The summed E-state index contributed by atoms with van der Waals surface area (Å²) in [6.07, 6.45) is 2.40. The molecule has 4 rings (SSSR count). The standard InChI is InChI=1S/C21H20O2S/c1-22-20-13-11-15-6-2-4-8-18(15)21(20)24-14-17-12-10-16-7-3-5-9-19(16)23-17/h2-9,11,13,17H,10,12,14H2,1H3. The lowest BCUT2D eigenvalue weighted by atomic mass is 10.0. The molecule has 0 spiro atoms. The average Bonchev–Trinajstić information content (AvgIpc) is 2.65. The van der Waals surface area contributed by atoms with Crippen LogP contribution < -0.4 is 9.47 Å². The first-order valence-electron chi connectivity index (χ1n) is 8.28. The molecule has 0 saturated heterocycles. The van der Waals surface area contributed by atoms with Crippen molar-refractivity contribution in [1.29, 1.82) is 0 Å². The lowest BCUT2D eigenvalue weighted by molar-refractivity contribution is 0.197. The Kier molecular flexibility index (Phi) is 4.35. The van der Waals surface area contributed by atoms with Crippen molar-refractivity contribution >= 4 is 22.5 Å². The van der Waals surface area contributed by atoms with E-state index < -0.39 is 0 Å². The Hall–Kier alpha value is -2.13. The van der Waals surface area contributed by atoms with Gasteiger partial charge < -0.3 is 9.47 Å². The van der Waals surface area contributed by atoms with E-state index >= 15 is 0 Å². The number of hydrogen-bond acceptors (Lipinski definition) is 3. The molecule has 0 fully saturated rings. The molecule has 1 atom stereocenters. The van der Waals surface area contributed by atoms with Gasteiger partial charge in [0.1, 0.15) is 17.6 Å². The van der Waals surface area contributed by atoms with Crippen LogP contribution in [0.1, 0.15) is 12.0 Å². The maximum absolute atomic E-state index is 6.18. The van der Waals surface area contributed by atoms with Gasteiger partial charge in [0.15, 0.2) is 0 Å². The van der Waals surface area contributed by atoms with Crippen molar-refractivity contribution in [2.75, 3.05) is 12.9 Å². The molecule has 1 aliphatic rings. The molecule has 0 radical (unpaired) electrons. The first-order chi connectivity index (χ1) is 11.8. The minimum atomic E-state index is 0.244. The molecule has 3 aromatic carbocycles. The van der Waals surface area contributed by atoms with Crippen LogP contribution in [0.15, 0.2) is 65.6 Å². The molecule has 1 heterocycles. The van der Waals surface area contributed by atoms with Crippen LogP contribution in [0.4, 0.5) is 0 Å². The summed E-state index contributed by atoms with van der Waals surface area (Å²) in [6.45, 7) is 0. The fourth-order valence-electron chi connectivity index (χ4n) is 3.21. The largest absolute Gasteiger partial charge is 0.496 e. The van der Waals surface area contributed by atoms with Crippen molar-refractivity contribution in [1.82, 2.24) is 0 Å². The summed E-state index contributed by atoms with van der Waals surface area (Å²) in [5.74, 6) is 2.91. The third-order valence-corrected chi connectivity index (χ3v) is 5.73. The molecule has 0 amide bonds. The monoisotopic (exact) mass is 336 g/mol. The third-order valence-electron chi connectivity index (χ3n) is 4.48. The predicted molar refractivity (Wildman–Crippen MR) is 100 cm³/mol. The first kappa shape index (κ1) is 15.4. The summed E-state index contributed by atoms with van der Waals surface area (Å²) in [7, 11) is 1.74. The van der Waals surface area contributed by atoms with Gasteiger partial charge in [0.25, 0.3) is 0 Å². The van der Waals surface area contributed by atoms with Gasteiger partial charge >= 0.3 is 0 Å². The smallest absolute Gasteiger partial charge is 0.133 e. The van der Waals surface area contributed by atoms with Gasteiger partial charge in [0.2, 0.25) is 0 Å². The first-order valence-corrected chi connectivity index (χ1v) is 9.27. The highest BCUT2D eigenvalue weighted by Crippen LogP contribution is 2.38. The van der Waals surface area contributed by atoms with E-state index in [1.165, 1.54) is 21.2 Å². The normalized spacial score (nSPS) is 16.5. The number of hydrogen-bond donors (Lipinski definition) is 0. The van der Waals surface area contributed by atoms with Gasteiger partial charge in [0, 0.05) is 5.75 Å². The molecule has 3 aromatic rings. The van der Waals surface area contributed by atoms with E-state index in [-0.39, 0.29) is 6.10 Å². The van der Waals surface area contributed by atoms with Crippen LogP contribution in [0.25, 0.3) is 10.8 Å². The fourth-order valence-corrected chi connectivity index (χ4v) is 4.43. The second-order valence-electron chi connectivity index (χ2n) is 6.02. The summed E-state index contributed by atoms with van der Waals surface area (Å²) in [5.41, 5.74) is 1.32. The van der Waals surface area contributed by atoms with Crippen LogP contribution in [0.3, 0.4) is 0 Å². The van der Waals surface area contributed by atoms with E-state index in [9.17, 15) is 0 Å². The highest BCUT2D eigenvalue weighted by atomic mass is 32.2. The van der Waals surface area contributed by atoms with E-state index in [4.69, 9.17) is 9.47 Å². The van der Waals surface area contributed by atoms with Gasteiger partial charge in [-0.05, 0) is 41.3 Å². The van der Waals surface area contributed by atoms with Gasteiger partial charge in [-0.3, -0.25) is 0 Å². The molecular formula is C21H20O2S. The number of aryl methyl sites for hydroxylation is 1. The molecule has 0 aliphatic carbocycles. The molecule has 0 bridgehead atoms. The fraction of sp³-hybridized carbons (Fsp3) is 0.238. The number of benzene rings is 3. The van der Waals surface area contributed by atoms with Crippen LogP contribution in [0.5, 0.6) is 11.5 Å². The number of rotatable bonds is 4. The Morgan fingerprint density at radius 2 is 1.88 bits per heavy atom. The molecule has 0 aromatic heterocycles. The Balaban J connectivity index is 1.55. The van der Waals surface area contributed by atoms with Crippen LogP contribution >= 0.6 is 11.8 Å². The highest BCUT2D eigenvalue weighted by Gasteiger charge is 2.20. The highest BCUT2D eigenvalue weighted by molar-refractivity contribution is 7.99. The summed E-state index contributed by atoms with van der Waals surface area (Å²) >= 11 is 1.83. The summed E-state index contributed by atoms with van der Waals surface area (Å²) < 4.78 is 11.8. The lowest BCUT2D eigenvalue weighted by Gasteiger charge is -2.26. The zero-order chi connectivity index (χ0) is 16.4. The molecule has 122 valence electrons. The third kappa shape index (κ3) is 2.96. The topological polar surface area (TPSA) is 18.5 Å². The average molecular weight is 336 g/mol. The summed E-state index contributed by atoms with van der Waals surface area (Å²) in [6, 6.07) is 21.0. The van der Waals surface area contributed by atoms with Crippen molar-refractivity contribution in [3.63, 3.8) is 0 Å². The Bertz CT molecular complexity index is 859. The maximum Gasteiger partial charge on any atom is 0.133 e. The molecular weight excluding hydrogens is 316 g/mol. The molecule has 24 heavy (non-hydrogen) atoms. The van der Waals surface area contributed by atoms with Crippen molar-refractivity contribution in [2.24, 2.45) is 0 Å². The zero-order valence-electron chi connectivity index (χ0n) is 13.7. The molecule has 0 saturated carbocycles. The van der Waals surface area contributed by atoms with Crippen molar-refractivity contribution in [3.8, 4) is 11.5 Å². The van der Waals surface area contributed by atoms with Crippen LogP contribution in [-0.2, 0) is 6.42 Å². The number of thioether (sulfide) groups is 1. The molecule has 1 unspecified atom stereocenters. The van der Waals surface area contributed by atoms with E-state index in [1.54, 1.807) is 7.11 Å². The van der Waals surface area contributed by atoms with Gasteiger partial charge in [-0.2, -0.15) is 0 Å². The Morgan fingerprint density at radius 3 is 2.79 bits per heavy atom. The zero-order valence-corrected chi connectivity index (χ0v) is 14.5. The number of methoxy groups -OCH3 is 1. The minimum Gasteiger partial charge on any atom is -0.496 e. The second-order valence-corrected chi connectivity index (χ2v) is 7.05. The van der Waals surface area contributed by atoms with Gasteiger partial charge in [-0.15, -0.1) is 11.8 Å². The molecule has 2 nitrogen and oxygen atoms in total. The summed E-state index contributed by atoms with van der Waals surface area (Å²) in [5, 5.41) is 2.49. The Labute approximate surface area is 146 Å².